The van der Waals surface area contributed by atoms with Crippen molar-refractivity contribution in [3.63, 3.8) is 0 Å². The largest absolute Gasteiger partial charge is 0.350 e. The maximum absolute atomic E-state index is 12.2. The summed E-state index contributed by atoms with van der Waals surface area (Å²) in [5.74, 6) is 1.06. The zero-order valence-corrected chi connectivity index (χ0v) is 16.8. The summed E-state index contributed by atoms with van der Waals surface area (Å²) in [6.07, 6.45) is 6.38. The smallest absolute Gasteiger partial charge is 0.220 e. The quantitative estimate of drug-likeness (QED) is 0.468. The summed E-state index contributed by atoms with van der Waals surface area (Å²) in [6, 6.07) is 14.6. The Morgan fingerprint density at radius 3 is 2.62 bits per heavy atom. The maximum atomic E-state index is 12.2. The first-order valence-electron chi connectivity index (χ1n) is 9.41. The highest BCUT2D eigenvalue weighted by Crippen LogP contribution is 2.25. The summed E-state index contributed by atoms with van der Waals surface area (Å²) in [5.41, 5.74) is 4.17. The van der Waals surface area contributed by atoms with E-state index in [2.05, 4.69) is 30.4 Å². The summed E-state index contributed by atoms with van der Waals surface area (Å²) >= 11 is 7.65. The minimum atomic E-state index is 0.0682. The van der Waals surface area contributed by atoms with Crippen LogP contribution in [0.5, 0.6) is 0 Å². The Labute approximate surface area is 165 Å². The van der Waals surface area contributed by atoms with Crippen molar-refractivity contribution < 1.29 is 4.79 Å². The van der Waals surface area contributed by atoms with Gasteiger partial charge in [-0.15, -0.1) is 11.8 Å². The summed E-state index contributed by atoms with van der Waals surface area (Å²) in [6.45, 7) is 2.07. The van der Waals surface area contributed by atoms with Crippen molar-refractivity contribution in [2.45, 2.75) is 56.4 Å². The Bertz CT molecular complexity index is 744. The fourth-order valence-corrected chi connectivity index (χ4v) is 4.35. The Morgan fingerprint density at radius 1 is 1.12 bits per heavy atom. The van der Waals surface area contributed by atoms with E-state index in [0.717, 1.165) is 17.2 Å². The number of rotatable bonds is 7. The van der Waals surface area contributed by atoms with Crippen LogP contribution in [-0.4, -0.2) is 11.7 Å². The van der Waals surface area contributed by atoms with Gasteiger partial charge in [-0.2, -0.15) is 0 Å². The van der Waals surface area contributed by atoms with E-state index in [1.54, 1.807) is 11.8 Å². The standard InChI is InChI=1S/C22H26ClNOS/c1-16(18-9-8-17-5-2-3-6-19(17)15-18)24-22(25)7-4-14-26-21-12-10-20(23)11-13-21/h8-13,15-16H,2-7,14H2,1H3,(H,24,25)/t16-/m0/s1. The molecule has 1 aliphatic carbocycles. The lowest BCUT2D eigenvalue weighted by molar-refractivity contribution is -0.121. The number of benzene rings is 2. The number of carbonyl (C=O) groups excluding carboxylic acids is 1. The van der Waals surface area contributed by atoms with Crippen LogP contribution < -0.4 is 5.32 Å². The zero-order chi connectivity index (χ0) is 18.4. The lowest BCUT2D eigenvalue weighted by Crippen LogP contribution is -2.26. The minimum Gasteiger partial charge on any atom is -0.350 e. The van der Waals surface area contributed by atoms with Gasteiger partial charge in [0.25, 0.3) is 0 Å². The van der Waals surface area contributed by atoms with Crippen LogP contribution in [0.2, 0.25) is 5.02 Å². The molecule has 26 heavy (non-hydrogen) atoms. The van der Waals surface area contributed by atoms with Gasteiger partial charge in [-0.05, 0) is 85.7 Å². The lowest BCUT2D eigenvalue weighted by Gasteiger charge is -2.20. The maximum Gasteiger partial charge on any atom is 0.220 e. The molecule has 0 fully saturated rings. The second-order valence-electron chi connectivity index (χ2n) is 6.93. The number of amides is 1. The SMILES string of the molecule is C[C@H](NC(=O)CCCSc1ccc(Cl)cc1)c1ccc2c(c1)CCCC2. The highest BCUT2D eigenvalue weighted by molar-refractivity contribution is 7.99. The highest BCUT2D eigenvalue weighted by atomic mass is 35.5. The van der Waals surface area contributed by atoms with E-state index in [1.165, 1.54) is 47.3 Å². The average Bonchev–Trinajstić information content (AvgIpc) is 2.66. The van der Waals surface area contributed by atoms with Crippen molar-refractivity contribution in [3.05, 3.63) is 64.2 Å². The van der Waals surface area contributed by atoms with Crippen LogP contribution in [0.3, 0.4) is 0 Å². The third-order valence-corrected chi connectivity index (χ3v) is 6.23. The van der Waals surface area contributed by atoms with Crippen LogP contribution in [0.1, 0.15) is 55.3 Å². The highest BCUT2D eigenvalue weighted by Gasteiger charge is 2.14. The molecule has 4 heteroatoms. The molecule has 1 amide bonds. The molecule has 1 aliphatic rings. The second-order valence-corrected chi connectivity index (χ2v) is 8.54. The number of thioether (sulfide) groups is 1. The first kappa shape index (κ1) is 19.3. The topological polar surface area (TPSA) is 29.1 Å². The molecule has 1 atom stereocenters. The Balaban J connectivity index is 1.42. The summed E-state index contributed by atoms with van der Waals surface area (Å²) in [5, 5.41) is 3.90. The normalized spacial score (nSPS) is 14.5. The number of halogens is 1. The van der Waals surface area contributed by atoms with E-state index >= 15 is 0 Å². The predicted molar refractivity (Wildman–Crippen MR) is 111 cm³/mol. The third-order valence-electron chi connectivity index (χ3n) is 4.88. The van der Waals surface area contributed by atoms with Crippen LogP contribution >= 0.6 is 23.4 Å². The van der Waals surface area contributed by atoms with E-state index in [-0.39, 0.29) is 11.9 Å². The first-order valence-corrected chi connectivity index (χ1v) is 10.8. The van der Waals surface area contributed by atoms with Crippen molar-refractivity contribution in [1.82, 2.24) is 5.32 Å². The Kier molecular flexibility index (Phi) is 7.04. The number of hydrogen-bond acceptors (Lipinski definition) is 2. The molecular formula is C22H26ClNOS. The number of fused-ring (bicyclic) bond motifs is 1. The summed E-state index contributed by atoms with van der Waals surface area (Å²) < 4.78 is 0. The molecule has 0 aromatic heterocycles. The molecule has 2 nitrogen and oxygen atoms in total. The van der Waals surface area contributed by atoms with Crippen LogP contribution in [0.25, 0.3) is 0 Å². The van der Waals surface area contributed by atoms with Crippen molar-refractivity contribution in [2.24, 2.45) is 0 Å². The van der Waals surface area contributed by atoms with Crippen LogP contribution in [0.4, 0.5) is 0 Å². The van der Waals surface area contributed by atoms with Crippen LogP contribution in [0, 0.1) is 0 Å². The predicted octanol–water partition coefficient (Wildman–Crippen LogP) is 5.97. The molecule has 0 saturated heterocycles. The fraction of sp³-hybridized carbons (Fsp3) is 0.409. The third kappa shape index (κ3) is 5.52. The van der Waals surface area contributed by atoms with Crippen molar-refractivity contribution in [2.75, 3.05) is 5.75 Å². The van der Waals surface area contributed by atoms with Gasteiger partial charge >= 0.3 is 0 Å². The fourth-order valence-electron chi connectivity index (χ4n) is 3.37. The monoisotopic (exact) mass is 387 g/mol. The van der Waals surface area contributed by atoms with E-state index < -0.39 is 0 Å². The molecule has 138 valence electrons. The Morgan fingerprint density at radius 2 is 1.85 bits per heavy atom. The second kappa shape index (κ2) is 9.48. The summed E-state index contributed by atoms with van der Waals surface area (Å²) in [7, 11) is 0. The van der Waals surface area contributed by atoms with Gasteiger partial charge in [0, 0.05) is 16.3 Å². The molecule has 2 aromatic carbocycles. The zero-order valence-electron chi connectivity index (χ0n) is 15.3. The van der Waals surface area contributed by atoms with Gasteiger partial charge in [-0.1, -0.05) is 29.8 Å². The molecule has 2 aromatic rings. The van der Waals surface area contributed by atoms with Crippen molar-refractivity contribution in [1.29, 1.82) is 0 Å². The lowest BCUT2D eigenvalue weighted by atomic mass is 9.89. The molecule has 0 bridgehead atoms. The van der Waals surface area contributed by atoms with Gasteiger partial charge in [-0.25, -0.2) is 0 Å². The van der Waals surface area contributed by atoms with Crippen molar-refractivity contribution in [3.8, 4) is 0 Å². The van der Waals surface area contributed by atoms with E-state index in [4.69, 9.17) is 11.6 Å². The summed E-state index contributed by atoms with van der Waals surface area (Å²) in [4.78, 5) is 13.4. The van der Waals surface area contributed by atoms with Crippen LogP contribution in [0.15, 0.2) is 47.4 Å². The molecule has 3 rings (SSSR count). The molecule has 0 radical (unpaired) electrons. The number of hydrogen-bond donors (Lipinski definition) is 1. The first-order chi connectivity index (χ1) is 12.6. The molecule has 0 unspecified atom stereocenters. The number of nitrogens with one attached hydrogen (secondary N) is 1. The molecule has 0 aliphatic heterocycles. The van der Waals surface area contributed by atoms with E-state index in [0.29, 0.717) is 6.42 Å². The van der Waals surface area contributed by atoms with E-state index in [1.807, 2.05) is 24.3 Å². The van der Waals surface area contributed by atoms with Gasteiger partial charge in [0.2, 0.25) is 5.91 Å². The van der Waals surface area contributed by atoms with Gasteiger partial charge in [-0.3, -0.25) is 4.79 Å². The Hall–Kier alpha value is -1.45. The van der Waals surface area contributed by atoms with Crippen molar-refractivity contribution >= 4 is 29.3 Å². The molecular weight excluding hydrogens is 362 g/mol. The molecule has 1 N–H and O–H groups in total. The van der Waals surface area contributed by atoms with E-state index in [9.17, 15) is 4.79 Å². The van der Waals surface area contributed by atoms with Gasteiger partial charge in [0.15, 0.2) is 0 Å². The van der Waals surface area contributed by atoms with Crippen LogP contribution in [-0.2, 0) is 17.6 Å². The minimum absolute atomic E-state index is 0.0682. The molecule has 0 spiro atoms. The molecule has 0 heterocycles. The van der Waals surface area contributed by atoms with Gasteiger partial charge in [0.05, 0.1) is 6.04 Å². The number of aryl methyl sites for hydroxylation is 2. The molecule has 0 saturated carbocycles. The van der Waals surface area contributed by atoms with Gasteiger partial charge in [0.1, 0.15) is 0 Å². The van der Waals surface area contributed by atoms with Gasteiger partial charge < -0.3 is 5.32 Å². The average molecular weight is 388 g/mol. The number of carbonyl (C=O) groups is 1.